The Hall–Kier alpha value is -1.36. The lowest BCUT2D eigenvalue weighted by atomic mass is 10.4. The van der Waals surface area contributed by atoms with Crippen molar-refractivity contribution in [1.82, 2.24) is 20.0 Å². The Morgan fingerprint density at radius 3 is 3.58 bits per heavy atom. The van der Waals surface area contributed by atoms with Crippen LogP contribution in [0.2, 0.25) is 0 Å². The van der Waals surface area contributed by atoms with Crippen LogP contribution in [0.5, 0.6) is 0 Å². The van der Waals surface area contributed by atoms with E-state index in [1.807, 2.05) is 0 Å². The number of nitrogens with one attached hydrogen (secondary N) is 1. The van der Waals surface area contributed by atoms with Crippen LogP contribution >= 0.6 is 0 Å². The first-order chi connectivity index (χ1) is 5.95. The van der Waals surface area contributed by atoms with Crippen molar-refractivity contribution in [3.63, 3.8) is 0 Å². The third-order valence-electron chi connectivity index (χ3n) is 2.17. The Morgan fingerprint density at radius 2 is 2.58 bits per heavy atom. The normalized spacial score (nSPS) is 16.7. The molecule has 2 aromatic heterocycles. The van der Waals surface area contributed by atoms with Crippen molar-refractivity contribution in [3.05, 3.63) is 12.1 Å². The molecule has 0 saturated carbocycles. The topological polar surface area (TPSA) is 55.9 Å². The average Bonchev–Trinajstić information content (AvgIpc) is 2.62. The Morgan fingerprint density at radius 1 is 1.58 bits per heavy atom. The molecule has 5 heteroatoms. The summed E-state index contributed by atoms with van der Waals surface area (Å²) in [5.74, 6) is 1.05. The highest BCUT2D eigenvalue weighted by molar-refractivity contribution is 5.69. The van der Waals surface area contributed by atoms with Gasteiger partial charge < -0.3 is 14.4 Å². The number of nitrogens with zero attached hydrogens (tertiary/aromatic N) is 3. The standard InChI is InChI=1S/C7H8N4O/c1-2-11-5-4-12-10-7(5)9-6(11)3-8-1/h4,8H,1-3H2. The van der Waals surface area contributed by atoms with Crippen LogP contribution < -0.4 is 5.32 Å². The van der Waals surface area contributed by atoms with Crippen molar-refractivity contribution >= 4 is 11.2 Å². The van der Waals surface area contributed by atoms with Crippen molar-refractivity contribution in [2.45, 2.75) is 13.1 Å². The quantitative estimate of drug-likeness (QED) is 0.601. The van der Waals surface area contributed by atoms with Gasteiger partial charge in [-0.3, -0.25) is 0 Å². The molecule has 2 aromatic rings. The summed E-state index contributed by atoms with van der Waals surface area (Å²) in [5, 5.41) is 7.04. The third kappa shape index (κ3) is 0.660. The minimum atomic E-state index is 0.716. The highest BCUT2D eigenvalue weighted by Gasteiger charge is 2.15. The second-order valence-electron chi connectivity index (χ2n) is 2.88. The maximum atomic E-state index is 4.82. The third-order valence-corrected chi connectivity index (χ3v) is 2.17. The van der Waals surface area contributed by atoms with Crippen molar-refractivity contribution in [3.8, 4) is 0 Å². The summed E-state index contributed by atoms with van der Waals surface area (Å²) in [7, 11) is 0. The van der Waals surface area contributed by atoms with Crippen LogP contribution in [0, 0.1) is 0 Å². The van der Waals surface area contributed by atoms with Crippen LogP contribution in [0.15, 0.2) is 10.8 Å². The minimum Gasteiger partial charge on any atom is -0.360 e. The number of fused-ring (bicyclic) bond motifs is 3. The van der Waals surface area contributed by atoms with Crippen molar-refractivity contribution in [1.29, 1.82) is 0 Å². The molecule has 0 aromatic carbocycles. The molecule has 0 radical (unpaired) electrons. The molecule has 0 unspecified atom stereocenters. The van der Waals surface area contributed by atoms with Gasteiger partial charge in [-0.15, -0.1) is 0 Å². The fraction of sp³-hybridized carbons (Fsp3) is 0.429. The van der Waals surface area contributed by atoms with E-state index in [-0.39, 0.29) is 0 Å². The minimum absolute atomic E-state index is 0.716. The van der Waals surface area contributed by atoms with E-state index in [0.29, 0.717) is 5.65 Å². The fourth-order valence-electron chi connectivity index (χ4n) is 1.58. The Balaban J connectivity index is 2.34. The first-order valence-electron chi connectivity index (χ1n) is 3.95. The summed E-state index contributed by atoms with van der Waals surface area (Å²) in [6.45, 7) is 2.77. The van der Waals surface area contributed by atoms with Gasteiger partial charge in [0.25, 0.3) is 0 Å². The van der Waals surface area contributed by atoms with E-state index in [9.17, 15) is 0 Å². The molecule has 0 saturated heterocycles. The van der Waals surface area contributed by atoms with Crippen LogP contribution in [-0.2, 0) is 13.1 Å². The van der Waals surface area contributed by atoms with Crippen molar-refractivity contribution < 1.29 is 4.52 Å². The zero-order chi connectivity index (χ0) is 7.97. The van der Waals surface area contributed by atoms with Gasteiger partial charge in [-0.2, -0.15) is 0 Å². The molecule has 1 aliphatic rings. The maximum absolute atomic E-state index is 4.82. The smallest absolute Gasteiger partial charge is 0.220 e. The second kappa shape index (κ2) is 2.07. The van der Waals surface area contributed by atoms with E-state index < -0.39 is 0 Å². The van der Waals surface area contributed by atoms with E-state index in [0.717, 1.165) is 31.0 Å². The van der Waals surface area contributed by atoms with Gasteiger partial charge in [-0.1, -0.05) is 5.16 Å². The largest absolute Gasteiger partial charge is 0.360 e. The van der Waals surface area contributed by atoms with Gasteiger partial charge in [0.2, 0.25) is 5.65 Å². The lowest BCUT2D eigenvalue weighted by Crippen LogP contribution is -2.28. The zero-order valence-electron chi connectivity index (χ0n) is 6.45. The lowest BCUT2D eigenvalue weighted by Gasteiger charge is -2.14. The van der Waals surface area contributed by atoms with E-state index in [1.54, 1.807) is 6.26 Å². The molecule has 1 N–H and O–H groups in total. The highest BCUT2D eigenvalue weighted by Crippen LogP contribution is 2.15. The number of aromatic nitrogens is 3. The van der Waals surface area contributed by atoms with Gasteiger partial charge in [0.15, 0.2) is 0 Å². The van der Waals surface area contributed by atoms with Crippen LogP contribution in [0.3, 0.4) is 0 Å². The SMILES string of the molecule is c1onc2nc3n(c12)CCNC3. The highest BCUT2D eigenvalue weighted by atomic mass is 16.5. The molecule has 0 bridgehead atoms. The summed E-state index contributed by atoms with van der Waals surface area (Å²) >= 11 is 0. The van der Waals surface area contributed by atoms with E-state index in [2.05, 4.69) is 20.0 Å². The van der Waals surface area contributed by atoms with Crippen molar-refractivity contribution in [2.24, 2.45) is 0 Å². The van der Waals surface area contributed by atoms with Crippen LogP contribution in [0.4, 0.5) is 0 Å². The summed E-state index contributed by atoms with van der Waals surface area (Å²) < 4.78 is 6.96. The van der Waals surface area contributed by atoms with Gasteiger partial charge in [0.1, 0.15) is 17.6 Å². The van der Waals surface area contributed by atoms with E-state index in [4.69, 9.17) is 4.52 Å². The molecular formula is C7H8N4O. The summed E-state index contributed by atoms with van der Waals surface area (Å²) in [4.78, 5) is 4.31. The summed E-state index contributed by atoms with van der Waals surface area (Å²) in [5.41, 5.74) is 1.72. The van der Waals surface area contributed by atoms with E-state index >= 15 is 0 Å². The molecule has 5 nitrogen and oxygen atoms in total. The molecule has 12 heavy (non-hydrogen) atoms. The molecule has 0 spiro atoms. The van der Waals surface area contributed by atoms with Gasteiger partial charge in [0.05, 0.1) is 6.54 Å². The Bertz CT molecular complexity index is 416. The first-order valence-corrected chi connectivity index (χ1v) is 3.95. The Labute approximate surface area is 68.4 Å². The fourth-order valence-corrected chi connectivity index (χ4v) is 1.58. The van der Waals surface area contributed by atoms with Crippen molar-refractivity contribution in [2.75, 3.05) is 6.54 Å². The number of hydrogen-bond donors (Lipinski definition) is 1. The predicted molar refractivity (Wildman–Crippen MR) is 41.5 cm³/mol. The molecule has 0 aliphatic carbocycles. The molecule has 0 atom stereocenters. The van der Waals surface area contributed by atoms with E-state index in [1.165, 1.54) is 0 Å². The number of rotatable bonds is 0. The molecular weight excluding hydrogens is 156 g/mol. The number of imidazole rings is 1. The van der Waals surface area contributed by atoms with Gasteiger partial charge in [0, 0.05) is 13.1 Å². The lowest BCUT2D eigenvalue weighted by molar-refractivity contribution is 0.421. The second-order valence-corrected chi connectivity index (χ2v) is 2.88. The number of hydrogen-bond acceptors (Lipinski definition) is 4. The molecule has 1 aliphatic heterocycles. The van der Waals surface area contributed by atoms with Crippen LogP contribution in [-0.4, -0.2) is 21.3 Å². The monoisotopic (exact) mass is 164 g/mol. The molecule has 3 rings (SSSR count). The van der Waals surface area contributed by atoms with Crippen LogP contribution in [0.1, 0.15) is 5.82 Å². The van der Waals surface area contributed by atoms with Gasteiger partial charge in [-0.25, -0.2) is 4.98 Å². The molecule has 0 amide bonds. The maximum Gasteiger partial charge on any atom is 0.220 e. The summed E-state index contributed by atoms with van der Waals surface area (Å²) in [6, 6.07) is 0. The first kappa shape index (κ1) is 6.19. The predicted octanol–water partition coefficient (Wildman–Crippen LogP) is 0.127. The van der Waals surface area contributed by atoms with Gasteiger partial charge in [-0.05, 0) is 0 Å². The van der Waals surface area contributed by atoms with Crippen LogP contribution in [0.25, 0.3) is 11.2 Å². The molecule has 62 valence electrons. The molecule has 0 fully saturated rings. The zero-order valence-corrected chi connectivity index (χ0v) is 6.45. The summed E-state index contributed by atoms with van der Waals surface area (Å²) in [6.07, 6.45) is 1.65. The van der Waals surface area contributed by atoms with Gasteiger partial charge >= 0.3 is 0 Å². The Kier molecular flexibility index (Phi) is 1.07. The average molecular weight is 164 g/mol. The molecule has 3 heterocycles.